The zero-order valence-electron chi connectivity index (χ0n) is 20.2. The Balaban J connectivity index is 0.000000547. The van der Waals surface area contributed by atoms with Crippen molar-refractivity contribution in [2.75, 3.05) is 0 Å². The van der Waals surface area contributed by atoms with Gasteiger partial charge in [0.1, 0.15) is 12.5 Å². The van der Waals surface area contributed by atoms with Crippen molar-refractivity contribution in [3.63, 3.8) is 0 Å². The van der Waals surface area contributed by atoms with Crippen LogP contribution >= 0.6 is 12.6 Å². The molecule has 0 aromatic rings. The van der Waals surface area contributed by atoms with Gasteiger partial charge >= 0.3 is 0 Å². The third kappa shape index (κ3) is 3.98. The first-order valence-electron chi connectivity index (χ1n) is 11.9. The number of aliphatic hydroxyl groups is 1. The molecule has 0 bridgehead atoms. The third-order valence-electron chi connectivity index (χ3n) is 8.29. The lowest BCUT2D eigenvalue weighted by molar-refractivity contribution is -0.199. The normalized spacial score (nSPS) is 43.8. The summed E-state index contributed by atoms with van der Waals surface area (Å²) in [4.78, 5) is 9.97. The molecular formula is C27H40F2O2S. The molecule has 0 radical (unpaired) electrons. The highest BCUT2D eigenvalue weighted by molar-refractivity contribution is 7.84. The second-order valence-electron chi connectivity index (χ2n) is 9.82. The number of rotatable bonds is 2. The van der Waals surface area contributed by atoms with Crippen molar-refractivity contribution in [1.29, 1.82) is 0 Å². The molecular weight excluding hydrogens is 426 g/mol. The highest BCUT2D eigenvalue weighted by atomic mass is 32.1. The number of hydrogen-bond donors (Lipinski definition) is 2. The molecule has 1 N–H and O–H groups in total. The number of aliphatic hydroxyl groups excluding tert-OH is 1. The molecule has 32 heavy (non-hydrogen) atoms. The van der Waals surface area contributed by atoms with Gasteiger partial charge in [-0.2, -0.15) is 0 Å². The molecule has 4 aliphatic rings. The predicted molar refractivity (Wildman–Crippen MR) is 132 cm³/mol. The van der Waals surface area contributed by atoms with E-state index in [0.717, 1.165) is 24.0 Å². The second-order valence-corrected chi connectivity index (χ2v) is 10.4. The lowest BCUT2D eigenvalue weighted by atomic mass is 9.45. The maximum Gasteiger partial charge on any atom is 0.152 e. The van der Waals surface area contributed by atoms with E-state index in [1.165, 1.54) is 0 Å². The van der Waals surface area contributed by atoms with Crippen LogP contribution in [0.15, 0.2) is 47.4 Å². The molecule has 8 atom stereocenters. The maximum absolute atomic E-state index is 16.8. The van der Waals surface area contributed by atoms with Crippen LogP contribution in [0.5, 0.6) is 0 Å². The SMILES string of the molecule is C=C1C=CC2(C)C(=C1)[C@@H](F)CC1C3CCC(C(=C)S)C3(C)CC(O)[C@@]12F.CC.CCC=O. The number of carbonyl (C=O) groups is 1. The van der Waals surface area contributed by atoms with Crippen LogP contribution < -0.4 is 0 Å². The van der Waals surface area contributed by atoms with E-state index in [9.17, 15) is 9.90 Å². The van der Waals surface area contributed by atoms with E-state index in [0.29, 0.717) is 24.0 Å². The standard InChI is InChI=1S/C22H28F2OS.C3H6O.C2H6/c1-12-7-8-21(4)17(9-12)18(23)10-16-15-6-5-14(13(2)26)20(15,3)11-19(25)22(16,21)24;1-2-3-4;1-2/h7-9,14-16,18-19,25-26H,1-2,5-6,10-11H2,3-4H3;3H,2H2,1H3;1-2H3/t14?,15?,16?,18-,19?,20?,21?,22-;;/m0../s1. The fourth-order valence-electron chi connectivity index (χ4n) is 6.82. The largest absolute Gasteiger partial charge is 0.390 e. The zero-order chi connectivity index (χ0) is 24.5. The highest BCUT2D eigenvalue weighted by Gasteiger charge is 2.71. The number of hydrogen-bond acceptors (Lipinski definition) is 3. The van der Waals surface area contributed by atoms with Gasteiger partial charge in [0.25, 0.3) is 0 Å². The van der Waals surface area contributed by atoms with Crippen LogP contribution in [-0.2, 0) is 4.79 Å². The monoisotopic (exact) mass is 466 g/mol. The molecule has 180 valence electrons. The quantitative estimate of drug-likeness (QED) is 0.340. The number of fused-ring (bicyclic) bond motifs is 5. The molecule has 0 spiro atoms. The summed E-state index contributed by atoms with van der Waals surface area (Å²) >= 11 is 4.48. The van der Waals surface area contributed by atoms with E-state index in [4.69, 9.17) is 0 Å². The van der Waals surface area contributed by atoms with Gasteiger partial charge in [0.05, 0.1) is 6.10 Å². The number of carbonyl (C=O) groups excluding carboxylic acids is 1. The molecule has 0 aromatic carbocycles. The Morgan fingerprint density at radius 2 is 1.91 bits per heavy atom. The first-order valence-corrected chi connectivity index (χ1v) is 12.3. The van der Waals surface area contributed by atoms with Crippen LogP contribution in [0.1, 0.15) is 66.7 Å². The minimum atomic E-state index is -1.87. The first kappa shape index (κ1) is 27.0. The van der Waals surface area contributed by atoms with Crippen LogP contribution in [-0.4, -0.2) is 29.3 Å². The van der Waals surface area contributed by atoms with Crippen molar-refractivity contribution in [1.82, 2.24) is 0 Å². The van der Waals surface area contributed by atoms with Crippen molar-refractivity contribution in [3.8, 4) is 0 Å². The molecule has 3 saturated carbocycles. The lowest BCUT2D eigenvalue weighted by Gasteiger charge is -2.62. The van der Waals surface area contributed by atoms with E-state index in [1.807, 2.05) is 20.8 Å². The van der Waals surface area contributed by atoms with Crippen LogP contribution in [0.4, 0.5) is 8.78 Å². The molecule has 5 heteroatoms. The maximum atomic E-state index is 16.8. The Bertz CT molecular complexity index is 805. The van der Waals surface area contributed by atoms with Crippen molar-refractivity contribution >= 4 is 18.9 Å². The summed E-state index contributed by atoms with van der Waals surface area (Å²) in [5.41, 5.74) is -2.16. The third-order valence-corrected chi connectivity index (χ3v) is 8.60. The summed E-state index contributed by atoms with van der Waals surface area (Å²) < 4.78 is 32.0. The Morgan fingerprint density at radius 3 is 2.44 bits per heavy atom. The van der Waals surface area contributed by atoms with Gasteiger partial charge < -0.3 is 9.90 Å². The summed E-state index contributed by atoms with van der Waals surface area (Å²) in [6.45, 7) is 17.6. The minimum absolute atomic E-state index is 0.0277. The smallest absolute Gasteiger partial charge is 0.152 e. The van der Waals surface area contributed by atoms with Crippen molar-refractivity contribution in [2.45, 2.75) is 84.7 Å². The van der Waals surface area contributed by atoms with Gasteiger partial charge in [-0.25, -0.2) is 8.78 Å². The summed E-state index contributed by atoms with van der Waals surface area (Å²) in [5, 5.41) is 11.1. The number of aldehydes is 1. The van der Waals surface area contributed by atoms with E-state index >= 15 is 8.78 Å². The Morgan fingerprint density at radius 1 is 1.31 bits per heavy atom. The lowest BCUT2D eigenvalue weighted by Crippen LogP contribution is -2.68. The molecule has 0 aromatic heterocycles. The number of alkyl halides is 2. The van der Waals surface area contributed by atoms with E-state index in [2.05, 4.69) is 32.7 Å². The van der Waals surface area contributed by atoms with E-state index < -0.39 is 29.3 Å². The molecule has 4 aliphatic carbocycles. The van der Waals surface area contributed by atoms with Crippen LogP contribution in [0.3, 0.4) is 0 Å². The summed E-state index contributed by atoms with van der Waals surface area (Å²) in [5.74, 6) is -0.346. The molecule has 6 unspecified atom stereocenters. The molecule has 0 amide bonds. The van der Waals surface area contributed by atoms with Gasteiger partial charge in [0.15, 0.2) is 5.67 Å². The van der Waals surface area contributed by atoms with Crippen LogP contribution in [0.2, 0.25) is 0 Å². The number of allylic oxidation sites excluding steroid dienone is 6. The number of thiol groups is 1. The fraction of sp³-hybridized carbons (Fsp3) is 0.667. The minimum Gasteiger partial charge on any atom is -0.390 e. The Hall–Kier alpha value is -1.20. The first-order chi connectivity index (χ1) is 15.0. The van der Waals surface area contributed by atoms with E-state index in [1.54, 1.807) is 25.2 Å². The zero-order valence-corrected chi connectivity index (χ0v) is 21.1. The highest BCUT2D eigenvalue weighted by Crippen LogP contribution is 2.70. The van der Waals surface area contributed by atoms with Gasteiger partial charge in [-0.05, 0) is 65.9 Å². The second kappa shape index (κ2) is 9.97. The van der Waals surface area contributed by atoms with Gasteiger partial charge in [-0.1, -0.05) is 59.1 Å². The van der Waals surface area contributed by atoms with Gasteiger partial charge in [0, 0.05) is 17.8 Å². The molecule has 2 nitrogen and oxygen atoms in total. The van der Waals surface area contributed by atoms with Gasteiger partial charge in [-0.3, -0.25) is 0 Å². The van der Waals surface area contributed by atoms with Crippen molar-refractivity contribution in [2.24, 2.45) is 28.6 Å². The molecule has 0 saturated heterocycles. The summed E-state index contributed by atoms with van der Waals surface area (Å²) in [6.07, 6.45) is 6.55. The predicted octanol–water partition coefficient (Wildman–Crippen LogP) is 6.97. The van der Waals surface area contributed by atoms with Gasteiger partial charge in [-0.15, -0.1) is 12.6 Å². The van der Waals surface area contributed by atoms with Gasteiger partial charge in [0.2, 0.25) is 0 Å². The molecule has 0 heterocycles. The topological polar surface area (TPSA) is 37.3 Å². The Labute approximate surface area is 198 Å². The Kier molecular flexibility index (Phi) is 8.42. The van der Waals surface area contributed by atoms with Crippen molar-refractivity contribution in [3.05, 3.63) is 47.4 Å². The fourth-order valence-corrected chi connectivity index (χ4v) is 7.24. The van der Waals surface area contributed by atoms with Crippen LogP contribution in [0.25, 0.3) is 0 Å². The molecule has 3 fully saturated rings. The molecule has 0 aliphatic heterocycles. The number of halogens is 2. The average Bonchev–Trinajstić information content (AvgIpc) is 3.10. The van der Waals surface area contributed by atoms with E-state index in [-0.39, 0.29) is 23.7 Å². The summed E-state index contributed by atoms with van der Waals surface area (Å²) in [6, 6.07) is 0. The summed E-state index contributed by atoms with van der Waals surface area (Å²) in [7, 11) is 0. The molecule has 4 rings (SSSR count). The van der Waals surface area contributed by atoms with Crippen LogP contribution in [0, 0.1) is 28.6 Å². The van der Waals surface area contributed by atoms with Crippen molar-refractivity contribution < 1.29 is 18.7 Å². The average molecular weight is 467 g/mol.